The third kappa shape index (κ3) is 2.75. The molecular formula is C20H18N4O2. The average molecular weight is 346 g/mol. The molecule has 130 valence electrons. The maximum Gasteiger partial charge on any atom is 0.261 e. The molecule has 6 heteroatoms. The first-order chi connectivity index (χ1) is 12.6. The number of benzene rings is 2. The van der Waals surface area contributed by atoms with Gasteiger partial charge < -0.3 is 9.88 Å². The van der Waals surface area contributed by atoms with Gasteiger partial charge in [-0.05, 0) is 18.2 Å². The highest BCUT2D eigenvalue weighted by Crippen LogP contribution is 2.19. The summed E-state index contributed by atoms with van der Waals surface area (Å²) in [5.74, 6) is -0.149. The van der Waals surface area contributed by atoms with Crippen LogP contribution >= 0.6 is 0 Å². The van der Waals surface area contributed by atoms with Crippen molar-refractivity contribution >= 4 is 27.7 Å². The molecule has 0 unspecified atom stereocenters. The van der Waals surface area contributed by atoms with Crippen LogP contribution in [0.15, 0.2) is 65.8 Å². The summed E-state index contributed by atoms with van der Waals surface area (Å²) >= 11 is 0. The monoisotopic (exact) mass is 346 g/mol. The summed E-state index contributed by atoms with van der Waals surface area (Å²) in [7, 11) is 1.92. The van der Waals surface area contributed by atoms with Crippen LogP contribution in [0.3, 0.4) is 0 Å². The van der Waals surface area contributed by atoms with Gasteiger partial charge in [0.1, 0.15) is 0 Å². The summed E-state index contributed by atoms with van der Waals surface area (Å²) in [5, 5.41) is 4.38. The number of para-hydroxylation sites is 2. The first-order valence-electron chi connectivity index (χ1n) is 8.41. The van der Waals surface area contributed by atoms with E-state index in [1.807, 2.05) is 60.3 Å². The summed E-state index contributed by atoms with van der Waals surface area (Å²) in [6.07, 6.45) is 3.35. The van der Waals surface area contributed by atoms with Gasteiger partial charge in [-0.3, -0.25) is 14.2 Å². The van der Waals surface area contributed by atoms with E-state index in [0.29, 0.717) is 29.6 Å². The Hall–Kier alpha value is -3.41. The van der Waals surface area contributed by atoms with E-state index in [1.165, 1.54) is 10.9 Å². The Labute approximate surface area is 149 Å². The van der Waals surface area contributed by atoms with Crippen LogP contribution in [0.4, 0.5) is 0 Å². The Bertz CT molecular complexity index is 1170. The van der Waals surface area contributed by atoms with E-state index in [2.05, 4.69) is 10.3 Å². The lowest BCUT2D eigenvalue weighted by Gasteiger charge is -2.08. The highest BCUT2D eigenvalue weighted by atomic mass is 16.1. The van der Waals surface area contributed by atoms with E-state index in [-0.39, 0.29) is 11.5 Å². The van der Waals surface area contributed by atoms with Crippen molar-refractivity contribution in [1.29, 1.82) is 0 Å². The molecule has 0 saturated heterocycles. The fourth-order valence-electron chi connectivity index (χ4n) is 3.17. The smallest absolute Gasteiger partial charge is 0.261 e. The van der Waals surface area contributed by atoms with Gasteiger partial charge in [0, 0.05) is 37.2 Å². The second kappa shape index (κ2) is 6.48. The van der Waals surface area contributed by atoms with Crippen molar-refractivity contribution in [2.45, 2.75) is 6.54 Å². The van der Waals surface area contributed by atoms with Gasteiger partial charge in [0.25, 0.3) is 11.5 Å². The summed E-state index contributed by atoms with van der Waals surface area (Å²) in [5.41, 5.74) is 2.21. The molecule has 6 nitrogen and oxygen atoms in total. The normalized spacial score (nSPS) is 11.1. The van der Waals surface area contributed by atoms with E-state index in [9.17, 15) is 9.59 Å². The molecule has 0 aliphatic rings. The molecule has 2 aromatic carbocycles. The number of carbonyl (C=O) groups is 1. The minimum Gasteiger partial charge on any atom is -0.350 e. The molecule has 0 atom stereocenters. The second-order valence-corrected chi connectivity index (χ2v) is 6.19. The minimum atomic E-state index is -0.149. The van der Waals surface area contributed by atoms with E-state index in [4.69, 9.17) is 0 Å². The number of amides is 1. The molecule has 1 amide bonds. The SMILES string of the molecule is Cn1cc(C(=O)NCCn2cnc3ccccc3c2=O)c2ccccc21. The minimum absolute atomic E-state index is 0.102. The first kappa shape index (κ1) is 16.1. The molecule has 0 fully saturated rings. The van der Waals surface area contributed by atoms with Crippen LogP contribution in [0.25, 0.3) is 21.8 Å². The molecule has 0 spiro atoms. The topological polar surface area (TPSA) is 68.9 Å². The number of nitrogens with zero attached hydrogens (tertiary/aromatic N) is 3. The Balaban J connectivity index is 1.50. The van der Waals surface area contributed by atoms with E-state index < -0.39 is 0 Å². The highest BCUT2D eigenvalue weighted by Gasteiger charge is 2.13. The molecule has 1 N–H and O–H groups in total. The van der Waals surface area contributed by atoms with Gasteiger partial charge in [0.05, 0.1) is 22.8 Å². The fourth-order valence-corrected chi connectivity index (χ4v) is 3.17. The van der Waals surface area contributed by atoms with Crippen LogP contribution in [0.2, 0.25) is 0 Å². The van der Waals surface area contributed by atoms with Gasteiger partial charge in [-0.25, -0.2) is 4.98 Å². The average Bonchev–Trinajstić information content (AvgIpc) is 3.01. The molecule has 0 saturated carbocycles. The van der Waals surface area contributed by atoms with Crippen molar-refractivity contribution in [3.63, 3.8) is 0 Å². The molecule has 4 rings (SSSR count). The third-order valence-electron chi connectivity index (χ3n) is 4.51. The van der Waals surface area contributed by atoms with Crippen LogP contribution in [0.5, 0.6) is 0 Å². The quantitative estimate of drug-likeness (QED) is 0.616. The maximum atomic E-state index is 12.5. The number of fused-ring (bicyclic) bond motifs is 2. The van der Waals surface area contributed by atoms with E-state index in [1.54, 1.807) is 6.07 Å². The number of rotatable bonds is 4. The van der Waals surface area contributed by atoms with Crippen molar-refractivity contribution in [3.8, 4) is 0 Å². The van der Waals surface area contributed by atoms with E-state index in [0.717, 1.165) is 10.9 Å². The van der Waals surface area contributed by atoms with Crippen molar-refractivity contribution < 1.29 is 4.79 Å². The number of nitrogens with one attached hydrogen (secondary N) is 1. The standard InChI is InChI=1S/C20H18N4O2/c1-23-12-16(14-6-3-5-9-18(14)23)19(25)21-10-11-24-13-22-17-8-4-2-7-15(17)20(24)26/h2-9,12-13H,10-11H2,1H3,(H,21,25). The van der Waals surface area contributed by atoms with Gasteiger partial charge in [0.2, 0.25) is 0 Å². The molecule has 0 aliphatic carbocycles. The predicted octanol–water partition coefficient (Wildman–Crippen LogP) is 2.32. The van der Waals surface area contributed by atoms with Gasteiger partial charge in [-0.15, -0.1) is 0 Å². The number of aryl methyl sites for hydroxylation is 1. The number of carbonyl (C=O) groups excluding carboxylic acids is 1. The van der Waals surface area contributed by atoms with E-state index >= 15 is 0 Å². The molecule has 2 heterocycles. The molecule has 0 aliphatic heterocycles. The molecule has 0 bridgehead atoms. The number of hydrogen-bond acceptors (Lipinski definition) is 3. The van der Waals surface area contributed by atoms with Gasteiger partial charge >= 0.3 is 0 Å². The summed E-state index contributed by atoms with van der Waals surface area (Å²) in [6, 6.07) is 15.0. The molecule has 4 aromatic rings. The van der Waals surface area contributed by atoms with Crippen molar-refractivity contribution in [2.75, 3.05) is 6.54 Å². The molecule has 0 radical (unpaired) electrons. The third-order valence-corrected chi connectivity index (χ3v) is 4.51. The maximum absolute atomic E-state index is 12.5. The van der Waals surface area contributed by atoms with Crippen LogP contribution in [0.1, 0.15) is 10.4 Å². The van der Waals surface area contributed by atoms with Crippen LogP contribution < -0.4 is 10.9 Å². The van der Waals surface area contributed by atoms with Gasteiger partial charge in [-0.1, -0.05) is 30.3 Å². The largest absolute Gasteiger partial charge is 0.350 e. The zero-order valence-electron chi connectivity index (χ0n) is 14.3. The lowest BCUT2D eigenvalue weighted by Crippen LogP contribution is -2.31. The second-order valence-electron chi connectivity index (χ2n) is 6.19. The Morgan fingerprint density at radius 2 is 1.81 bits per heavy atom. The van der Waals surface area contributed by atoms with Crippen molar-refractivity contribution in [1.82, 2.24) is 19.4 Å². The molecule has 2 aromatic heterocycles. The van der Waals surface area contributed by atoms with Gasteiger partial charge in [0.15, 0.2) is 0 Å². The first-order valence-corrected chi connectivity index (χ1v) is 8.41. The summed E-state index contributed by atoms with van der Waals surface area (Å²) in [6.45, 7) is 0.717. The fraction of sp³-hybridized carbons (Fsp3) is 0.150. The Kier molecular flexibility index (Phi) is 4.01. The lowest BCUT2D eigenvalue weighted by atomic mass is 10.1. The Morgan fingerprint density at radius 3 is 2.65 bits per heavy atom. The number of hydrogen-bond donors (Lipinski definition) is 1. The summed E-state index contributed by atoms with van der Waals surface area (Å²) < 4.78 is 3.45. The van der Waals surface area contributed by atoms with Crippen LogP contribution in [-0.2, 0) is 13.6 Å². The zero-order valence-corrected chi connectivity index (χ0v) is 14.3. The highest BCUT2D eigenvalue weighted by molar-refractivity contribution is 6.06. The van der Waals surface area contributed by atoms with Crippen LogP contribution in [0, 0.1) is 0 Å². The van der Waals surface area contributed by atoms with Crippen LogP contribution in [-0.4, -0.2) is 26.6 Å². The van der Waals surface area contributed by atoms with Crippen molar-refractivity contribution in [3.05, 3.63) is 77.0 Å². The zero-order chi connectivity index (χ0) is 18.1. The lowest BCUT2D eigenvalue weighted by molar-refractivity contribution is 0.0953. The van der Waals surface area contributed by atoms with Crippen molar-refractivity contribution in [2.24, 2.45) is 7.05 Å². The molecule has 26 heavy (non-hydrogen) atoms. The summed E-state index contributed by atoms with van der Waals surface area (Å²) in [4.78, 5) is 29.3. The predicted molar refractivity (Wildman–Crippen MR) is 101 cm³/mol. The molecular weight excluding hydrogens is 328 g/mol. The van der Waals surface area contributed by atoms with Gasteiger partial charge in [-0.2, -0.15) is 0 Å². The number of aromatic nitrogens is 3. The Morgan fingerprint density at radius 1 is 1.08 bits per heavy atom.